The third-order valence-corrected chi connectivity index (χ3v) is 4.48. The second-order valence-electron chi connectivity index (χ2n) is 5.78. The lowest BCUT2D eigenvalue weighted by Crippen LogP contribution is -2.48. The van der Waals surface area contributed by atoms with E-state index in [1.165, 1.54) is 18.2 Å². The van der Waals surface area contributed by atoms with Crippen LogP contribution in [0.5, 0.6) is 0 Å². The third-order valence-electron chi connectivity index (χ3n) is 4.18. The summed E-state index contributed by atoms with van der Waals surface area (Å²) in [5, 5.41) is 9.20. The third kappa shape index (κ3) is 3.84. The van der Waals surface area contributed by atoms with Crippen molar-refractivity contribution in [1.82, 2.24) is 9.88 Å². The normalized spacial score (nSPS) is 14.5. The number of amides is 1. The molecule has 0 atom stereocenters. The molecule has 0 aliphatic carbocycles. The Kier molecular flexibility index (Phi) is 5.49. The smallest absolute Gasteiger partial charge is 0.246 e. The van der Waals surface area contributed by atoms with Crippen LogP contribution in [-0.2, 0) is 4.79 Å². The van der Waals surface area contributed by atoms with Gasteiger partial charge in [0.25, 0.3) is 0 Å². The van der Waals surface area contributed by atoms with Gasteiger partial charge in [0.05, 0.1) is 10.6 Å². The topological polar surface area (TPSA) is 60.2 Å². The van der Waals surface area contributed by atoms with Gasteiger partial charge in [0.2, 0.25) is 5.91 Å². The maximum Gasteiger partial charge on any atom is 0.246 e. The summed E-state index contributed by atoms with van der Waals surface area (Å²) >= 11 is 5.74. The fourth-order valence-corrected chi connectivity index (χ4v) is 2.97. The molecule has 1 aromatic heterocycles. The van der Waals surface area contributed by atoms with Gasteiger partial charge in [-0.3, -0.25) is 4.79 Å². The number of hydrogen-bond donors (Lipinski definition) is 0. The summed E-state index contributed by atoms with van der Waals surface area (Å²) in [4.78, 5) is 20.3. The lowest BCUT2D eigenvalue weighted by atomic mass is 10.2. The van der Waals surface area contributed by atoms with Crippen LogP contribution in [0.2, 0.25) is 5.02 Å². The molecule has 0 saturated carbocycles. The standard InChI is InChI=1S/C19H16ClFN4O/c20-16-5-1-3-14(18(16)21)6-7-17(26)24-9-11-25(12-10-24)19-15(13-22)4-2-8-23-19/h1-8H,9-12H2. The molecular weight excluding hydrogens is 355 g/mol. The minimum atomic E-state index is -0.540. The molecule has 1 aliphatic rings. The van der Waals surface area contributed by atoms with E-state index < -0.39 is 5.82 Å². The number of aromatic nitrogens is 1. The van der Waals surface area contributed by atoms with E-state index in [-0.39, 0.29) is 16.5 Å². The first-order valence-corrected chi connectivity index (χ1v) is 8.49. The molecule has 1 fully saturated rings. The van der Waals surface area contributed by atoms with Crippen LogP contribution in [0.3, 0.4) is 0 Å². The molecule has 0 bridgehead atoms. The molecular formula is C19H16ClFN4O. The predicted octanol–water partition coefficient (Wildman–Crippen LogP) is 3.11. The number of nitriles is 1. The zero-order valence-corrected chi connectivity index (χ0v) is 14.7. The van der Waals surface area contributed by atoms with Crippen molar-refractivity contribution in [3.05, 3.63) is 64.6 Å². The van der Waals surface area contributed by atoms with Crippen LogP contribution in [0.4, 0.5) is 10.2 Å². The Labute approximate surface area is 155 Å². The van der Waals surface area contributed by atoms with Gasteiger partial charge in [-0.2, -0.15) is 5.26 Å². The number of nitrogens with zero attached hydrogens (tertiary/aromatic N) is 4. The van der Waals surface area contributed by atoms with E-state index in [2.05, 4.69) is 11.1 Å². The van der Waals surface area contributed by atoms with E-state index >= 15 is 0 Å². The molecule has 2 aromatic rings. The van der Waals surface area contributed by atoms with E-state index in [0.717, 1.165) is 0 Å². The lowest BCUT2D eigenvalue weighted by molar-refractivity contribution is -0.126. The predicted molar refractivity (Wildman–Crippen MR) is 98.2 cm³/mol. The summed E-state index contributed by atoms with van der Waals surface area (Å²) in [6.07, 6.45) is 4.43. The second kappa shape index (κ2) is 7.98. The highest BCUT2D eigenvalue weighted by Gasteiger charge is 2.22. The molecule has 1 aliphatic heterocycles. The van der Waals surface area contributed by atoms with Crippen LogP contribution < -0.4 is 4.90 Å². The van der Waals surface area contributed by atoms with Crippen LogP contribution in [0.15, 0.2) is 42.6 Å². The summed E-state index contributed by atoms with van der Waals surface area (Å²) in [5.41, 5.74) is 0.792. The van der Waals surface area contributed by atoms with Gasteiger partial charge in [0, 0.05) is 44.0 Å². The monoisotopic (exact) mass is 370 g/mol. The maximum atomic E-state index is 13.9. The molecule has 132 valence electrons. The largest absolute Gasteiger partial charge is 0.352 e. The van der Waals surface area contributed by atoms with Gasteiger partial charge >= 0.3 is 0 Å². The van der Waals surface area contributed by atoms with E-state index in [1.54, 1.807) is 35.4 Å². The number of benzene rings is 1. The van der Waals surface area contributed by atoms with Crippen molar-refractivity contribution in [2.24, 2.45) is 0 Å². The second-order valence-corrected chi connectivity index (χ2v) is 6.18. The molecule has 0 spiro atoms. The van der Waals surface area contributed by atoms with E-state index in [1.807, 2.05) is 4.90 Å². The number of pyridine rings is 1. The minimum Gasteiger partial charge on any atom is -0.352 e. The molecule has 3 rings (SSSR count). The average Bonchev–Trinajstić information content (AvgIpc) is 2.69. The Balaban J connectivity index is 1.63. The average molecular weight is 371 g/mol. The van der Waals surface area contributed by atoms with Gasteiger partial charge in [-0.15, -0.1) is 0 Å². The molecule has 26 heavy (non-hydrogen) atoms. The summed E-state index contributed by atoms with van der Waals surface area (Å²) in [5.74, 6) is -0.0913. The van der Waals surface area contributed by atoms with Crippen molar-refractivity contribution >= 4 is 29.4 Å². The van der Waals surface area contributed by atoms with Crippen LogP contribution >= 0.6 is 11.6 Å². The first kappa shape index (κ1) is 17.9. The van der Waals surface area contributed by atoms with Gasteiger partial charge in [-0.1, -0.05) is 23.7 Å². The van der Waals surface area contributed by atoms with Gasteiger partial charge in [0.15, 0.2) is 0 Å². The van der Waals surface area contributed by atoms with Crippen molar-refractivity contribution in [1.29, 1.82) is 5.26 Å². The number of rotatable bonds is 3. The highest BCUT2D eigenvalue weighted by atomic mass is 35.5. The van der Waals surface area contributed by atoms with Crippen molar-refractivity contribution in [3.8, 4) is 6.07 Å². The minimum absolute atomic E-state index is 0.0249. The molecule has 5 nitrogen and oxygen atoms in total. The van der Waals surface area contributed by atoms with E-state index in [4.69, 9.17) is 11.6 Å². The summed E-state index contributed by atoms with van der Waals surface area (Å²) in [7, 11) is 0. The van der Waals surface area contributed by atoms with Crippen molar-refractivity contribution < 1.29 is 9.18 Å². The SMILES string of the molecule is N#Cc1cccnc1N1CCN(C(=O)C=Cc2cccc(Cl)c2F)CC1. The van der Waals surface area contributed by atoms with Crippen LogP contribution in [0.1, 0.15) is 11.1 Å². The Bertz CT molecular complexity index is 885. The fraction of sp³-hybridized carbons (Fsp3) is 0.211. The Morgan fingerprint density at radius 1 is 1.23 bits per heavy atom. The quantitative estimate of drug-likeness (QED) is 0.779. The maximum absolute atomic E-state index is 13.9. The summed E-state index contributed by atoms with van der Waals surface area (Å²) < 4.78 is 13.9. The Morgan fingerprint density at radius 2 is 2.00 bits per heavy atom. The molecule has 2 heterocycles. The van der Waals surface area contributed by atoms with Crippen LogP contribution in [0.25, 0.3) is 6.08 Å². The number of carbonyl (C=O) groups excluding carboxylic acids is 1. The highest BCUT2D eigenvalue weighted by Crippen LogP contribution is 2.20. The lowest BCUT2D eigenvalue weighted by Gasteiger charge is -2.35. The zero-order chi connectivity index (χ0) is 18.5. The van der Waals surface area contributed by atoms with Crippen LogP contribution in [0, 0.1) is 17.1 Å². The first-order chi connectivity index (χ1) is 12.6. The number of piperazine rings is 1. The number of hydrogen-bond acceptors (Lipinski definition) is 4. The summed E-state index contributed by atoms with van der Waals surface area (Å²) in [6, 6.07) is 10.2. The highest BCUT2D eigenvalue weighted by molar-refractivity contribution is 6.30. The van der Waals surface area contributed by atoms with Gasteiger partial charge in [-0.25, -0.2) is 9.37 Å². The molecule has 0 radical (unpaired) electrons. The van der Waals surface area contributed by atoms with Gasteiger partial charge < -0.3 is 9.80 Å². The molecule has 7 heteroatoms. The molecule has 0 unspecified atom stereocenters. The Hall–Kier alpha value is -2.91. The molecule has 1 aromatic carbocycles. The molecule has 0 N–H and O–H groups in total. The summed E-state index contributed by atoms with van der Waals surface area (Å²) in [6.45, 7) is 2.17. The number of anilines is 1. The van der Waals surface area contributed by atoms with E-state index in [0.29, 0.717) is 37.6 Å². The van der Waals surface area contributed by atoms with Crippen molar-refractivity contribution in [3.63, 3.8) is 0 Å². The zero-order valence-electron chi connectivity index (χ0n) is 13.9. The van der Waals surface area contributed by atoms with Crippen molar-refractivity contribution in [2.75, 3.05) is 31.1 Å². The molecule has 1 amide bonds. The number of carbonyl (C=O) groups is 1. The van der Waals surface area contributed by atoms with Gasteiger partial charge in [-0.05, 0) is 24.3 Å². The fourth-order valence-electron chi connectivity index (χ4n) is 2.79. The first-order valence-electron chi connectivity index (χ1n) is 8.11. The number of halogens is 2. The molecule has 1 saturated heterocycles. The van der Waals surface area contributed by atoms with Crippen LogP contribution in [-0.4, -0.2) is 42.0 Å². The van der Waals surface area contributed by atoms with Gasteiger partial charge in [0.1, 0.15) is 17.7 Å². The van der Waals surface area contributed by atoms with Crippen molar-refractivity contribution in [2.45, 2.75) is 0 Å². The van der Waals surface area contributed by atoms with E-state index in [9.17, 15) is 14.4 Å². The Morgan fingerprint density at radius 3 is 2.73 bits per heavy atom.